The van der Waals surface area contributed by atoms with Crippen molar-refractivity contribution >= 4 is 11.4 Å². The average Bonchev–Trinajstić information content (AvgIpc) is 2.30. The highest BCUT2D eigenvalue weighted by Gasteiger charge is 2.13. The Labute approximate surface area is 104 Å². The Hall–Kier alpha value is -1.22. The van der Waals surface area contributed by atoms with Crippen LogP contribution in [0.5, 0.6) is 0 Å². The smallest absolute Gasteiger partial charge is 0.0363 e. The SMILES string of the molecule is CC(CN1CCCCC1)Nc1cccc(N)c1. The van der Waals surface area contributed by atoms with E-state index in [1.165, 1.54) is 32.4 Å². The molecule has 0 radical (unpaired) electrons. The van der Waals surface area contributed by atoms with Crippen molar-refractivity contribution in [2.24, 2.45) is 0 Å². The molecule has 2 rings (SSSR count). The van der Waals surface area contributed by atoms with Crippen molar-refractivity contribution in [2.75, 3.05) is 30.7 Å². The van der Waals surface area contributed by atoms with Gasteiger partial charge in [0.05, 0.1) is 0 Å². The molecule has 1 aliphatic heterocycles. The summed E-state index contributed by atoms with van der Waals surface area (Å²) in [4.78, 5) is 2.55. The van der Waals surface area contributed by atoms with E-state index in [4.69, 9.17) is 5.73 Å². The van der Waals surface area contributed by atoms with E-state index in [1.54, 1.807) is 0 Å². The predicted octanol–water partition coefficient (Wildman–Crippen LogP) is 2.56. The minimum absolute atomic E-state index is 0.468. The first-order valence-corrected chi connectivity index (χ1v) is 6.58. The van der Waals surface area contributed by atoms with Gasteiger partial charge in [0, 0.05) is 24.0 Å². The Balaban J connectivity index is 1.82. The molecule has 3 nitrogen and oxygen atoms in total. The summed E-state index contributed by atoms with van der Waals surface area (Å²) in [6, 6.07) is 8.44. The standard InChI is InChI=1S/C14H23N3/c1-12(11-17-8-3-2-4-9-17)16-14-7-5-6-13(15)10-14/h5-7,10,12,16H,2-4,8-9,11,15H2,1H3. The first-order chi connectivity index (χ1) is 8.24. The lowest BCUT2D eigenvalue weighted by Gasteiger charge is -2.29. The third-order valence-electron chi connectivity index (χ3n) is 3.28. The van der Waals surface area contributed by atoms with Crippen molar-refractivity contribution in [3.8, 4) is 0 Å². The number of rotatable bonds is 4. The molecule has 1 aromatic carbocycles. The van der Waals surface area contributed by atoms with Crippen LogP contribution in [0.15, 0.2) is 24.3 Å². The normalized spacial score (nSPS) is 18.9. The van der Waals surface area contributed by atoms with Gasteiger partial charge in [-0.05, 0) is 51.1 Å². The van der Waals surface area contributed by atoms with E-state index in [1.807, 2.05) is 18.2 Å². The number of nitrogen functional groups attached to an aromatic ring is 1. The molecule has 0 bridgehead atoms. The molecule has 1 atom stereocenters. The van der Waals surface area contributed by atoms with Gasteiger partial charge in [-0.25, -0.2) is 0 Å². The molecule has 1 saturated heterocycles. The number of anilines is 2. The number of benzene rings is 1. The van der Waals surface area contributed by atoms with Gasteiger partial charge in [-0.3, -0.25) is 0 Å². The van der Waals surface area contributed by atoms with Crippen molar-refractivity contribution in [1.29, 1.82) is 0 Å². The van der Waals surface area contributed by atoms with Crippen LogP contribution in [0, 0.1) is 0 Å². The Morgan fingerprint density at radius 3 is 2.76 bits per heavy atom. The molecular formula is C14H23N3. The second-order valence-electron chi connectivity index (χ2n) is 5.03. The van der Waals surface area contributed by atoms with Gasteiger partial charge in [-0.2, -0.15) is 0 Å². The largest absolute Gasteiger partial charge is 0.399 e. The number of likely N-dealkylation sites (tertiary alicyclic amines) is 1. The van der Waals surface area contributed by atoms with Crippen molar-refractivity contribution in [2.45, 2.75) is 32.2 Å². The summed E-state index contributed by atoms with van der Waals surface area (Å²) >= 11 is 0. The molecule has 1 heterocycles. The molecule has 0 saturated carbocycles. The number of nitrogens with zero attached hydrogens (tertiary/aromatic N) is 1. The van der Waals surface area contributed by atoms with E-state index in [2.05, 4.69) is 23.2 Å². The highest BCUT2D eigenvalue weighted by Crippen LogP contribution is 2.14. The number of nitrogens with two attached hydrogens (primary N) is 1. The molecule has 1 fully saturated rings. The van der Waals surface area contributed by atoms with E-state index in [-0.39, 0.29) is 0 Å². The summed E-state index contributed by atoms with van der Waals surface area (Å²) in [6.07, 6.45) is 4.10. The van der Waals surface area contributed by atoms with Gasteiger partial charge >= 0.3 is 0 Å². The van der Waals surface area contributed by atoms with E-state index in [0.717, 1.165) is 17.9 Å². The molecule has 0 aliphatic carbocycles. The quantitative estimate of drug-likeness (QED) is 0.785. The summed E-state index contributed by atoms with van der Waals surface area (Å²) in [5, 5.41) is 3.51. The zero-order valence-corrected chi connectivity index (χ0v) is 10.7. The molecule has 1 unspecified atom stereocenters. The fourth-order valence-electron chi connectivity index (χ4n) is 2.49. The first kappa shape index (κ1) is 12.2. The lowest BCUT2D eigenvalue weighted by Crippen LogP contribution is -2.38. The van der Waals surface area contributed by atoms with E-state index in [0.29, 0.717) is 6.04 Å². The van der Waals surface area contributed by atoms with Crippen LogP contribution in [-0.2, 0) is 0 Å². The van der Waals surface area contributed by atoms with Crippen molar-refractivity contribution < 1.29 is 0 Å². The summed E-state index contributed by atoms with van der Waals surface area (Å²) in [6.45, 7) is 5.86. The molecule has 1 aliphatic rings. The van der Waals surface area contributed by atoms with Crippen LogP contribution < -0.4 is 11.1 Å². The average molecular weight is 233 g/mol. The first-order valence-electron chi connectivity index (χ1n) is 6.58. The second kappa shape index (κ2) is 5.92. The zero-order valence-electron chi connectivity index (χ0n) is 10.7. The third-order valence-corrected chi connectivity index (χ3v) is 3.28. The maximum atomic E-state index is 5.77. The van der Waals surface area contributed by atoms with E-state index >= 15 is 0 Å². The predicted molar refractivity (Wildman–Crippen MR) is 74.2 cm³/mol. The van der Waals surface area contributed by atoms with E-state index < -0.39 is 0 Å². The lowest BCUT2D eigenvalue weighted by atomic mass is 10.1. The van der Waals surface area contributed by atoms with Gasteiger partial charge in [0.2, 0.25) is 0 Å². The molecule has 17 heavy (non-hydrogen) atoms. The van der Waals surface area contributed by atoms with Gasteiger partial charge in [-0.1, -0.05) is 12.5 Å². The van der Waals surface area contributed by atoms with E-state index in [9.17, 15) is 0 Å². The number of hydrogen-bond acceptors (Lipinski definition) is 3. The van der Waals surface area contributed by atoms with Crippen LogP contribution >= 0.6 is 0 Å². The summed E-state index contributed by atoms with van der Waals surface area (Å²) in [7, 11) is 0. The van der Waals surface area contributed by atoms with Crippen LogP contribution in [0.3, 0.4) is 0 Å². The van der Waals surface area contributed by atoms with Crippen LogP contribution in [-0.4, -0.2) is 30.6 Å². The Morgan fingerprint density at radius 1 is 1.29 bits per heavy atom. The fraction of sp³-hybridized carbons (Fsp3) is 0.571. The molecule has 94 valence electrons. The Bertz CT molecular complexity index is 345. The minimum Gasteiger partial charge on any atom is -0.399 e. The monoisotopic (exact) mass is 233 g/mol. The van der Waals surface area contributed by atoms with Crippen LogP contribution in [0.2, 0.25) is 0 Å². The van der Waals surface area contributed by atoms with Gasteiger partial charge in [-0.15, -0.1) is 0 Å². The summed E-state index contributed by atoms with van der Waals surface area (Å²) in [5.41, 5.74) is 7.71. The molecule has 0 spiro atoms. The van der Waals surface area contributed by atoms with Crippen LogP contribution in [0.1, 0.15) is 26.2 Å². The highest BCUT2D eigenvalue weighted by atomic mass is 15.1. The van der Waals surface area contributed by atoms with Crippen molar-refractivity contribution in [1.82, 2.24) is 4.90 Å². The van der Waals surface area contributed by atoms with Gasteiger partial charge in [0.25, 0.3) is 0 Å². The third kappa shape index (κ3) is 3.93. The summed E-state index contributed by atoms with van der Waals surface area (Å²) in [5.74, 6) is 0. The molecule has 3 heteroatoms. The van der Waals surface area contributed by atoms with Gasteiger partial charge in [0.1, 0.15) is 0 Å². The highest BCUT2D eigenvalue weighted by molar-refractivity contribution is 5.54. The molecule has 1 aromatic rings. The number of hydrogen-bond donors (Lipinski definition) is 2. The van der Waals surface area contributed by atoms with Crippen molar-refractivity contribution in [3.63, 3.8) is 0 Å². The minimum atomic E-state index is 0.468. The van der Waals surface area contributed by atoms with Gasteiger partial charge in [0.15, 0.2) is 0 Å². The Kier molecular flexibility index (Phi) is 4.26. The number of piperidine rings is 1. The topological polar surface area (TPSA) is 41.3 Å². The summed E-state index contributed by atoms with van der Waals surface area (Å²) < 4.78 is 0. The lowest BCUT2D eigenvalue weighted by molar-refractivity contribution is 0.223. The molecule has 0 aromatic heterocycles. The second-order valence-corrected chi connectivity index (χ2v) is 5.03. The van der Waals surface area contributed by atoms with Crippen molar-refractivity contribution in [3.05, 3.63) is 24.3 Å². The zero-order chi connectivity index (χ0) is 12.1. The van der Waals surface area contributed by atoms with Crippen LogP contribution in [0.4, 0.5) is 11.4 Å². The maximum Gasteiger partial charge on any atom is 0.0363 e. The molecule has 0 amide bonds. The fourth-order valence-corrected chi connectivity index (χ4v) is 2.49. The Morgan fingerprint density at radius 2 is 2.06 bits per heavy atom. The van der Waals surface area contributed by atoms with Crippen LogP contribution in [0.25, 0.3) is 0 Å². The van der Waals surface area contributed by atoms with Gasteiger partial charge < -0.3 is 16.0 Å². The maximum absolute atomic E-state index is 5.77. The number of nitrogens with one attached hydrogen (secondary N) is 1. The molecule has 3 N–H and O–H groups in total. The molecular weight excluding hydrogens is 210 g/mol.